The molecule has 36 heavy (non-hydrogen) atoms. The van der Waals surface area contributed by atoms with E-state index in [1.54, 1.807) is 0 Å². The molecule has 0 aliphatic rings. The van der Waals surface area contributed by atoms with Gasteiger partial charge in [0, 0.05) is 6.42 Å². The molecular formula is C24H45NNaO9P. The quantitative estimate of drug-likeness (QED) is 0.0499. The standard InChI is InChI=1S/C24H46NO9P.Na/c1-2-3-4-5-6-7-8-9-10-11-12-13-14-15-16-17-23(27)32-18-21(26)19-33-35(30,31)34-20-22(25)24(28)29;/h9-10,21-22,26H,2-8,11-20,25H2,1H3,(H,28,29)(H,30,31);/q;+1/p-1. The Kier molecular flexibility index (Phi) is 26.3. The Morgan fingerprint density at radius 2 is 1.39 bits per heavy atom. The van der Waals surface area contributed by atoms with Gasteiger partial charge in [0.25, 0.3) is 0 Å². The van der Waals surface area contributed by atoms with Gasteiger partial charge >= 0.3 is 43.3 Å². The first kappa shape index (κ1) is 37.9. The van der Waals surface area contributed by atoms with Crippen molar-refractivity contribution < 1.29 is 72.6 Å². The fourth-order valence-electron chi connectivity index (χ4n) is 3.11. The number of carboxylic acid groups (broad SMARTS) is 1. The predicted octanol–water partition coefficient (Wildman–Crippen LogP) is 0.143. The molecule has 3 unspecified atom stereocenters. The molecule has 0 aromatic carbocycles. The summed E-state index contributed by atoms with van der Waals surface area (Å²) >= 11 is 0. The van der Waals surface area contributed by atoms with Crippen LogP contribution >= 0.6 is 7.82 Å². The summed E-state index contributed by atoms with van der Waals surface area (Å²) in [6.45, 7) is 0.393. The number of esters is 1. The molecule has 4 N–H and O–H groups in total. The molecule has 0 aliphatic heterocycles. The number of ether oxygens (including phenoxy) is 1. The second-order valence-electron chi connectivity index (χ2n) is 8.66. The largest absolute Gasteiger partial charge is 1.00 e. The Balaban J connectivity index is 0. The minimum atomic E-state index is -4.61. The zero-order valence-electron chi connectivity index (χ0n) is 22.1. The molecule has 206 valence electrons. The monoisotopic (exact) mass is 545 g/mol. The van der Waals surface area contributed by atoms with Crippen molar-refractivity contribution in [3.63, 3.8) is 0 Å². The van der Waals surface area contributed by atoms with Gasteiger partial charge in [-0.05, 0) is 32.1 Å². The number of aliphatic carboxylic acids is 1. The Labute approximate surface area is 238 Å². The van der Waals surface area contributed by atoms with Crippen molar-refractivity contribution in [3.8, 4) is 0 Å². The Bertz CT molecular complexity index is 637. The zero-order chi connectivity index (χ0) is 26.4. The third-order valence-electron chi connectivity index (χ3n) is 5.23. The first-order valence-corrected chi connectivity index (χ1v) is 14.2. The van der Waals surface area contributed by atoms with Gasteiger partial charge < -0.3 is 30.4 Å². The van der Waals surface area contributed by atoms with Crippen molar-refractivity contribution in [2.45, 2.75) is 109 Å². The minimum Gasteiger partial charge on any atom is -0.548 e. The molecule has 0 aromatic heterocycles. The summed E-state index contributed by atoms with van der Waals surface area (Å²) in [6, 6.07) is -1.60. The van der Waals surface area contributed by atoms with Crippen LogP contribution in [0.5, 0.6) is 0 Å². The molecule has 10 nitrogen and oxygen atoms in total. The van der Waals surface area contributed by atoms with Gasteiger partial charge in [0.1, 0.15) is 12.7 Å². The topological polar surface area (TPSA) is 168 Å². The maximum atomic E-state index is 11.7. The van der Waals surface area contributed by atoms with Crippen LogP contribution in [0.4, 0.5) is 0 Å². The number of carboxylic acids is 1. The third-order valence-corrected chi connectivity index (χ3v) is 6.18. The molecule has 12 heteroatoms. The molecule has 0 rings (SSSR count). The molecule has 0 heterocycles. The molecule has 0 aromatic rings. The number of carbonyl (C=O) groups is 2. The Morgan fingerprint density at radius 3 is 1.94 bits per heavy atom. The van der Waals surface area contributed by atoms with E-state index in [1.807, 2.05) is 0 Å². The smallest absolute Gasteiger partial charge is 0.548 e. The molecule has 0 spiro atoms. The molecule has 0 saturated heterocycles. The molecule has 0 fully saturated rings. The number of rotatable bonds is 24. The number of nitrogens with two attached hydrogens (primary N) is 1. The van der Waals surface area contributed by atoms with Crippen LogP contribution in [0.25, 0.3) is 0 Å². The van der Waals surface area contributed by atoms with Crippen molar-refractivity contribution in [2.75, 3.05) is 19.8 Å². The summed E-state index contributed by atoms with van der Waals surface area (Å²) in [5, 5.41) is 20.1. The van der Waals surface area contributed by atoms with E-state index in [0.717, 1.165) is 32.1 Å². The Hall–Kier alpha value is -0.290. The predicted molar refractivity (Wildman–Crippen MR) is 131 cm³/mol. The van der Waals surface area contributed by atoms with Crippen molar-refractivity contribution in [1.82, 2.24) is 0 Å². The number of carbonyl (C=O) groups excluding carboxylic acids is 2. The number of phosphoric ester groups is 1. The average Bonchev–Trinajstić information content (AvgIpc) is 2.82. The average molecular weight is 546 g/mol. The SMILES string of the molecule is CCCCCCCCC=CCCCCCCCC(=O)OCC(O)COP(=O)(O)OCC(N)C(=O)[O-].[Na+]. The summed E-state index contributed by atoms with van der Waals surface area (Å²) in [5.41, 5.74) is 5.09. The van der Waals surface area contributed by atoms with Crippen LogP contribution in [0.1, 0.15) is 96.8 Å². The first-order valence-electron chi connectivity index (χ1n) is 12.7. The number of hydrogen-bond donors (Lipinski definition) is 3. The van der Waals surface area contributed by atoms with Crippen molar-refractivity contribution in [3.05, 3.63) is 12.2 Å². The van der Waals surface area contributed by atoms with Crippen LogP contribution in [0, 0.1) is 0 Å². The zero-order valence-corrected chi connectivity index (χ0v) is 25.0. The van der Waals surface area contributed by atoms with Gasteiger partial charge in [-0.2, -0.15) is 0 Å². The fourth-order valence-corrected chi connectivity index (χ4v) is 3.89. The van der Waals surface area contributed by atoms with Crippen molar-refractivity contribution >= 4 is 19.8 Å². The van der Waals surface area contributed by atoms with E-state index < -0.39 is 51.7 Å². The van der Waals surface area contributed by atoms with Gasteiger partial charge in [0.05, 0.1) is 25.2 Å². The van der Waals surface area contributed by atoms with Crippen LogP contribution in [0.2, 0.25) is 0 Å². The van der Waals surface area contributed by atoms with E-state index in [1.165, 1.54) is 44.9 Å². The number of allylic oxidation sites excluding steroid dienone is 2. The van der Waals surface area contributed by atoms with Gasteiger partial charge in [-0.25, -0.2) is 4.57 Å². The maximum absolute atomic E-state index is 11.7. The number of unbranched alkanes of at least 4 members (excludes halogenated alkanes) is 11. The molecule has 0 amide bonds. The van der Waals surface area contributed by atoms with Crippen LogP contribution in [-0.2, 0) is 27.9 Å². The van der Waals surface area contributed by atoms with Gasteiger partial charge in [0.15, 0.2) is 0 Å². The molecular weight excluding hydrogens is 500 g/mol. The van der Waals surface area contributed by atoms with Gasteiger partial charge in [-0.3, -0.25) is 13.8 Å². The van der Waals surface area contributed by atoms with E-state index in [2.05, 4.69) is 28.1 Å². The molecule has 0 aliphatic carbocycles. The van der Waals surface area contributed by atoms with E-state index in [-0.39, 0.29) is 36.0 Å². The number of aliphatic hydroxyl groups excluding tert-OH is 1. The Morgan fingerprint density at radius 1 is 0.889 bits per heavy atom. The summed E-state index contributed by atoms with van der Waals surface area (Å²) in [7, 11) is -4.61. The van der Waals surface area contributed by atoms with Gasteiger partial charge in [-0.1, -0.05) is 70.4 Å². The summed E-state index contributed by atoms with van der Waals surface area (Å²) in [6.07, 6.45) is 18.5. The van der Waals surface area contributed by atoms with E-state index >= 15 is 0 Å². The first-order chi connectivity index (χ1) is 16.7. The second-order valence-corrected chi connectivity index (χ2v) is 10.1. The maximum Gasteiger partial charge on any atom is 1.00 e. The number of phosphoric acid groups is 1. The molecule has 0 bridgehead atoms. The minimum absolute atomic E-state index is 0. The normalized spacial score (nSPS) is 14.7. The molecule has 0 saturated carbocycles. The number of hydrogen-bond acceptors (Lipinski definition) is 9. The van der Waals surface area contributed by atoms with Crippen molar-refractivity contribution in [2.24, 2.45) is 5.73 Å². The summed E-state index contributed by atoms with van der Waals surface area (Å²) in [5.74, 6) is -2.12. The van der Waals surface area contributed by atoms with Crippen LogP contribution in [-0.4, -0.2) is 53.9 Å². The fraction of sp³-hybridized carbons (Fsp3) is 0.833. The van der Waals surface area contributed by atoms with E-state index in [4.69, 9.17) is 10.5 Å². The second kappa shape index (κ2) is 25.0. The van der Waals surface area contributed by atoms with E-state index in [0.29, 0.717) is 6.42 Å². The summed E-state index contributed by atoms with van der Waals surface area (Å²) in [4.78, 5) is 31.6. The van der Waals surface area contributed by atoms with E-state index in [9.17, 15) is 29.3 Å². The molecule has 0 radical (unpaired) electrons. The third kappa shape index (κ3) is 25.4. The molecule has 3 atom stereocenters. The van der Waals surface area contributed by atoms with Crippen molar-refractivity contribution in [1.29, 1.82) is 0 Å². The summed E-state index contributed by atoms with van der Waals surface area (Å²) < 4.78 is 25.4. The number of aliphatic hydroxyl groups is 1. The van der Waals surface area contributed by atoms with Crippen LogP contribution in [0.15, 0.2) is 12.2 Å². The van der Waals surface area contributed by atoms with Crippen LogP contribution in [0.3, 0.4) is 0 Å². The van der Waals surface area contributed by atoms with Gasteiger partial charge in [0.2, 0.25) is 0 Å². The van der Waals surface area contributed by atoms with Crippen LogP contribution < -0.4 is 40.4 Å². The van der Waals surface area contributed by atoms with Gasteiger partial charge in [-0.15, -0.1) is 0 Å².